The Balaban J connectivity index is 3.22. The Kier molecular flexibility index (Phi) is 3.24. The third-order valence-electron chi connectivity index (χ3n) is 1.78. The quantitative estimate of drug-likeness (QED) is 0.590. The van der Waals surface area contributed by atoms with E-state index in [2.05, 4.69) is 11.6 Å². The molecule has 0 aliphatic heterocycles. The van der Waals surface area contributed by atoms with Crippen LogP contribution in [0.25, 0.3) is 5.76 Å². The standard InChI is InChI=1S/C9H13N3OS/c1-6(13)7-4-5-8(10)11-9(7)12(2)14-3/h4-5,13H,1H2,2-3H3,(H2,10,11). The molecule has 14 heavy (non-hydrogen) atoms. The van der Waals surface area contributed by atoms with Gasteiger partial charge >= 0.3 is 0 Å². The molecule has 76 valence electrons. The smallest absolute Gasteiger partial charge is 0.151 e. The summed E-state index contributed by atoms with van der Waals surface area (Å²) >= 11 is 1.48. The highest BCUT2D eigenvalue weighted by molar-refractivity contribution is 7.99. The molecule has 0 atom stereocenters. The summed E-state index contributed by atoms with van der Waals surface area (Å²) in [5.41, 5.74) is 6.16. The fourth-order valence-corrected chi connectivity index (χ4v) is 1.33. The van der Waals surface area contributed by atoms with E-state index in [1.807, 2.05) is 17.6 Å². The first-order valence-electron chi connectivity index (χ1n) is 3.99. The average Bonchev–Trinajstić information content (AvgIpc) is 2.16. The average molecular weight is 211 g/mol. The van der Waals surface area contributed by atoms with Gasteiger partial charge in [0.05, 0.1) is 5.56 Å². The molecule has 1 heterocycles. The van der Waals surface area contributed by atoms with Gasteiger partial charge in [0.15, 0.2) is 5.82 Å². The van der Waals surface area contributed by atoms with Gasteiger partial charge in [0, 0.05) is 13.3 Å². The minimum Gasteiger partial charge on any atom is -0.508 e. The zero-order valence-corrected chi connectivity index (χ0v) is 9.01. The maximum absolute atomic E-state index is 9.33. The van der Waals surface area contributed by atoms with E-state index >= 15 is 0 Å². The first kappa shape index (κ1) is 10.7. The molecule has 1 aromatic rings. The number of aliphatic hydroxyl groups excluding tert-OH is 1. The lowest BCUT2D eigenvalue weighted by Crippen LogP contribution is -2.11. The zero-order valence-electron chi connectivity index (χ0n) is 8.19. The van der Waals surface area contributed by atoms with Crippen LogP contribution in [0.15, 0.2) is 18.7 Å². The maximum atomic E-state index is 9.33. The van der Waals surface area contributed by atoms with Gasteiger partial charge in [0.1, 0.15) is 11.6 Å². The summed E-state index contributed by atoms with van der Waals surface area (Å²) < 4.78 is 1.81. The predicted molar refractivity (Wildman–Crippen MR) is 62.2 cm³/mol. The Morgan fingerprint density at radius 2 is 2.29 bits per heavy atom. The molecule has 0 saturated carbocycles. The fraction of sp³-hybridized carbons (Fsp3) is 0.222. The number of aromatic nitrogens is 1. The Morgan fingerprint density at radius 3 is 2.79 bits per heavy atom. The summed E-state index contributed by atoms with van der Waals surface area (Å²) in [5, 5.41) is 9.33. The molecule has 3 N–H and O–H groups in total. The molecule has 0 aliphatic rings. The summed E-state index contributed by atoms with van der Waals surface area (Å²) in [6.07, 6.45) is 1.91. The Hall–Kier alpha value is -1.36. The largest absolute Gasteiger partial charge is 0.508 e. The fourth-order valence-electron chi connectivity index (χ4n) is 1.01. The number of anilines is 2. The molecule has 1 aromatic heterocycles. The van der Waals surface area contributed by atoms with Crippen LogP contribution in [0.4, 0.5) is 11.6 Å². The van der Waals surface area contributed by atoms with Gasteiger partial charge in [0.2, 0.25) is 0 Å². The summed E-state index contributed by atoms with van der Waals surface area (Å²) in [6.45, 7) is 3.47. The van der Waals surface area contributed by atoms with Crippen molar-refractivity contribution in [2.45, 2.75) is 0 Å². The van der Waals surface area contributed by atoms with Crippen LogP contribution in [-0.4, -0.2) is 23.4 Å². The summed E-state index contributed by atoms with van der Waals surface area (Å²) in [6, 6.07) is 3.33. The van der Waals surface area contributed by atoms with Crippen LogP contribution in [0.5, 0.6) is 0 Å². The van der Waals surface area contributed by atoms with E-state index in [-0.39, 0.29) is 5.76 Å². The second kappa shape index (κ2) is 4.23. The van der Waals surface area contributed by atoms with Gasteiger partial charge < -0.3 is 15.1 Å². The van der Waals surface area contributed by atoms with Crippen LogP contribution in [-0.2, 0) is 0 Å². The lowest BCUT2D eigenvalue weighted by Gasteiger charge is -2.17. The molecule has 0 amide bonds. The van der Waals surface area contributed by atoms with Crippen LogP contribution >= 0.6 is 11.9 Å². The molecule has 0 aliphatic carbocycles. The number of nitrogen functional groups attached to an aromatic ring is 1. The highest BCUT2D eigenvalue weighted by atomic mass is 32.2. The third-order valence-corrected chi connectivity index (χ3v) is 2.50. The number of aliphatic hydroxyl groups is 1. The molecular formula is C9H13N3OS. The second-order valence-corrected chi connectivity index (χ2v) is 3.65. The zero-order chi connectivity index (χ0) is 10.7. The molecule has 1 rings (SSSR count). The van der Waals surface area contributed by atoms with Crippen molar-refractivity contribution < 1.29 is 5.11 Å². The first-order chi connectivity index (χ1) is 6.56. The van der Waals surface area contributed by atoms with Crippen molar-refractivity contribution in [1.29, 1.82) is 0 Å². The van der Waals surface area contributed by atoms with E-state index in [0.29, 0.717) is 17.2 Å². The van der Waals surface area contributed by atoms with Crippen molar-refractivity contribution in [2.75, 3.05) is 23.3 Å². The molecule has 0 aromatic carbocycles. The van der Waals surface area contributed by atoms with Crippen molar-refractivity contribution in [3.63, 3.8) is 0 Å². The number of rotatable bonds is 3. The monoisotopic (exact) mass is 211 g/mol. The Labute approximate surface area is 87.6 Å². The Morgan fingerprint density at radius 1 is 1.64 bits per heavy atom. The molecule has 5 heteroatoms. The summed E-state index contributed by atoms with van der Waals surface area (Å²) in [5.74, 6) is 1.03. The maximum Gasteiger partial charge on any atom is 0.151 e. The van der Waals surface area contributed by atoms with Crippen molar-refractivity contribution in [3.8, 4) is 0 Å². The van der Waals surface area contributed by atoms with E-state index in [4.69, 9.17) is 5.73 Å². The van der Waals surface area contributed by atoms with Gasteiger partial charge in [-0.3, -0.25) is 0 Å². The number of nitrogens with two attached hydrogens (primary N) is 1. The minimum absolute atomic E-state index is 0.00611. The first-order valence-corrected chi connectivity index (χ1v) is 5.17. The number of pyridine rings is 1. The highest BCUT2D eigenvalue weighted by Crippen LogP contribution is 2.26. The third kappa shape index (κ3) is 2.11. The molecule has 0 fully saturated rings. The SMILES string of the molecule is C=C(O)c1ccc(N)nc1N(C)SC. The van der Waals surface area contributed by atoms with Crippen molar-refractivity contribution in [1.82, 2.24) is 4.98 Å². The van der Waals surface area contributed by atoms with Crippen LogP contribution in [0.1, 0.15) is 5.56 Å². The number of hydrogen-bond donors (Lipinski definition) is 2. The van der Waals surface area contributed by atoms with Gasteiger partial charge in [-0.15, -0.1) is 0 Å². The lowest BCUT2D eigenvalue weighted by molar-refractivity contribution is 0.514. The molecule has 0 spiro atoms. The minimum atomic E-state index is -0.00611. The van der Waals surface area contributed by atoms with Crippen LogP contribution in [0, 0.1) is 0 Å². The Bertz CT molecular complexity index is 354. The van der Waals surface area contributed by atoms with E-state index in [1.165, 1.54) is 11.9 Å². The second-order valence-electron chi connectivity index (χ2n) is 2.73. The van der Waals surface area contributed by atoms with Gasteiger partial charge in [-0.1, -0.05) is 18.5 Å². The van der Waals surface area contributed by atoms with Crippen molar-refractivity contribution >= 4 is 29.3 Å². The topological polar surface area (TPSA) is 62.4 Å². The molecule has 0 bridgehead atoms. The van der Waals surface area contributed by atoms with E-state index in [9.17, 15) is 5.11 Å². The van der Waals surface area contributed by atoms with E-state index in [1.54, 1.807) is 12.1 Å². The van der Waals surface area contributed by atoms with Gasteiger partial charge in [-0.2, -0.15) is 0 Å². The highest BCUT2D eigenvalue weighted by Gasteiger charge is 2.10. The van der Waals surface area contributed by atoms with Gasteiger partial charge in [-0.25, -0.2) is 4.98 Å². The van der Waals surface area contributed by atoms with Gasteiger partial charge in [-0.05, 0) is 12.1 Å². The van der Waals surface area contributed by atoms with Crippen molar-refractivity contribution in [3.05, 3.63) is 24.3 Å². The van der Waals surface area contributed by atoms with E-state index in [0.717, 1.165) is 0 Å². The molecule has 0 saturated heterocycles. The molecule has 0 unspecified atom stereocenters. The van der Waals surface area contributed by atoms with Crippen LogP contribution in [0.2, 0.25) is 0 Å². The molecular weight excluding hydrogens is 198 g/mol. The van der Waals surface area contributed by atoms with Crippen LogP contribution in [0.3, 0.4) is 0 Å². The van der Waals surface area contributed by atoms with Crippen molar-refractivity contribution in [2.24, 2.45) is 0 Å². The number of hydrogen-bond acceptors (Lipinski definition) is 5. The summed E-state index contributed by atoms with van der Waals surface area (Å²) in [4.78, 5) is 4.13. The van der Waals surface area contributed by atoms with E-state index < -0.39 is 0 Å². The number of nitrogens with zero attached hydrogens (tertiary/aromatic N) is 2. The molecule has 4 nitrogen and oxygen atoms in total. The molecule has 0 radical (unpaired) electrons. The normalized spacial score (nSPS) is 9.86. The predicted octanol–water partition coefficient (Wildman–Crippen LogP) is 1.91. The van der Waals surface area contributed by atoms with Gasteiger partial charge in [0.25, 0.3) is 0 Å². The lowest BCUT2D eigenvalue weighted by atomic mass is 10.2. The summed E-state index contributed by atoms with van der Waals surface area (Å²) in [7, 11) is 1.85. The van der Waals surface area contributed by atoms with Crippen LogP contribution < -0.4 is 10.0 Å².